The minimum absolute atomic E-state index is 0.00287. The zero-order chi connectivity index (χ0) is 11.4. The predicted octanol–water partition coefficient (Wildman–Crippen LogP) is 1.73. The third kappa shape index (κ3) is 3.16. The summed E-state index contributed by atoms with van der Waals surface area (Å²) in [5, 5.41) is 8.62. The van der Waals surface area contributed by atoms with E-state index in [4.69, 9.17) is 5.11 Å². The minimum Gasteiger partial charge on any atom is -0.478 e. The molecule has 15 heavy (non-hydrogen) atoms. The molecular formula is C9H9F2NO3. The van der Waals surface area contributed by atoms with E-state index in [0.717, 1.165) is 6.20 Å². The topological polar surface area (TPSA) is 59.4 Å². The number of hydrogen-bond acceptors (Lipinski definition) is 3. The second-order valence-electron chi connectivity index (χ2n) is 2.85. The van der Waals surface area contributed by atoms with Crippen molar-refractivity contribution in [2.75, 3.05) is 6.61 Å². The zero-order valence-electron chi connectivity index (χ0n) is 7.91. The Kier molecular flexibility index (Phi) is 3.54. The number of halogens is 2. The number of nitrogens with zero attached hydrogens (tertiary/aromatic N) is 1. The lowest BCUT2D eigenvalue weighted by molar-refractivity contribution is 0.0693. The molecule has 0 aromatic carbocycles. The Morgan fingerprint density at radius 3 is 2.80 bits per heavy atom. The lowest BCUT2D eigenvalue weighted by atomic mass is 10.2. The Bertz CT molecular complexity index is 368. The molecule has 0 fully saturated rings. The fourth-order valence-corrected chi connectivity index (χ4v) is 0.972. The summed E-state index contributed by atoms with van der Waals surface area (Å²) in [5.74, 6) is -1.09. The van der Waals surface area contributed by atoms with Crippen molar-refractivity contribution >= 4 is 5.97 Å². The number of carbonyl (C=O) groups is 1. The summed E-state index contributed by atoms with van der Waals surface area (Å²) in [6.45, 7) is 0.792. The highest BCUT2D eigenvalue weighted by Gasteiger charge is 2.10. The monoisotopic (exact) mass is 217 g/mol. The van der Waals surface area contributed by atoms with E-state index in [1.807, 2.05) is 0 Å². The van der Waals surface area contributed by atoms with Crippen LogP contribution in [0.4, 0.5) is 8.78 Å². The van der Waals surface area contributed by atoms with Gasteiger partial charge in [0.25, 0.3) is 6.43 Å². The quantitative estimate of drug-likeness (QED) is 0.834. The molecule has 1 aromatic rings. The Morgan fingerprint density at radius 1 is 1.67 bits per heavy atom. The molecule has 0 aliphatic carbocycles. The van der Waals surface area contributed by atoms with Crippen molar-refractivity contribution in [3.63, 3.8) is 0 Å². The summed E-state index contributed by atoms with van der Waals surface area (Å²) < 4.78 is 28.3. The van der Waals surface area contributed by atoms with Crippen molar-refractivity contribution in [2.45, 2.75) is 13.3 Å². The van der Waals surface area contributed by atoms with Crippen molar-refractivity contribution in [3.05, 3.63) is 23.4 Å². The molecule has 1 aromatic heterocycles. The highest BCUT2D eigenvalue weighted by molar-refractivity contribution is 5.87. The maximum Gasteiger partial charge on any atom is 0.337 e. The number of carboxylic acids is 1. The second-order valence-corrected chi connectivity index (χ2v) is 2.85. The smallest absolute Gasteiger partial charge is 0.337 e. The summed E-state index contributed by atoms with van der Waals surface area (Å²) in [7, 11) is 0. The molecule has 0 aliphatic rings. The molecule has 0 radical (unpaired) electrons. The average molecular weight is 217 g/mol. The van der Waals surface area contributed by atoms with Gasteiger partial charge in [-0.15, -0.1) is 0 Å². The number of alkyl halides is 2. The lowest BCUT2D eigenvalue weighted by Crippen LogP contribution is -2.09. The van der Waals surface area contributed by atoms with Crippen molar-refractivity contribution in [3.8, 4) is 5.88 Å². The SMILES string of the molecule is Cc1cc(C(=O)O)cnc1OCC(F)F. The molecule has 0 atom stereocenters. The molecule has 82 valence electrons. The third-order valence-electron chi connectivity index (χ3n) is 1.62. The van der Waals surface area contributed by atoms with Crippen LogP contribution in [0.5, 0.6) is 5.88 Å². The van der Waals surface area contributed by atoms with Crippen LogP contribution >= 0.6 is 0 Å². The maximum atomic E-state index is 11.8. The number of aryl methyl sites for hydroxylation is 1. The molecule has 4 nitrogen and oxygen atoms in total. The van der Waals surface area contributed by atoms with E-state index in [1.165, 1.54) is 6.07 Å². The Labute approximate surface area is 84.5 Å². The fraction of sp³-hybridized carbons (Fsp3) is 0.333. The first-order valence-corrected chi connectivity index (χ1v) is 4.11. The first kappa shape index (κ1) is 11.4. The van der Waals surface area contributed by atoms with Gasteiger partial charge in [0.15, 0.2) is 6.61 Å². The molecule has 0 amide bonds. The number of carboxylic acid groups (broad SMARTS) is 1. The number of aromatic nitrogens is 1. The van der Waals surface area contributed by atoms with Crippen LogP contribution in [0.15, 0.2) is 12.3 Å². The molecule has 0 saturated heterocycles. The Balaban J connectivity index is 2.79. The molecule has 0 unspecified atom stereocenters. The largest absolute Gasteiger partial charge is 0.478 e. The Hall–Kier alpha value is -1.72. The minimum atomic E-state index is -2.58. The first-order chi connectivity index (χ1) is 7.00. The number of aromatic carboxylic acids is 1. The summed E-state index contributed by atoms with van der Waals surface area (Å²) in [5.41, 5.74) is 0.410. The zero-order valence-corrected chi connectivity index (χ0v) is 7.91. The molecule has 0 saturated carbocycles. The number of hydrogen-bond donors (Lipinski definition) is 1. The third-order valence-corrected chi connectivity index (χ3v) is 1.62. The van der Waals surface area contributed by atoms with Crippen LogP contribution in [0.25, 0.3) is 0 Å². The number of rotatable bonds is 4. The molecule has 1 rings (SSSR count). The molecule has 0 aliphatic heterocycles. The molecule has 0 bridgehead atoms. The molecular weight excluding hydrogens is 208 g/mol. The fourth-order valence-electron chi connectivity index (χ4n) is 0.972. The van der Waals surface area contributed by atoms with Crippen molar-refractivity contribution < 1.29 is 23.4 Å². The van der Waals surface area contributed by atoms with Gasteiger partial charge in [-0.3, -0.25) is 0 Å². The van der Waals surface area contributed by atoms with Crippen molar-refractivity contribution in [2.24, 2.45) is 0 Å². The predicted molar refractivity (Wildman–Crippen MR) is 47.4 cm³/mol. The van der Waals surface area contributed by atoms with Crippen LogP contribution < -0.4 is 4.74 Å². The van der Waals surface area contributed by atoms with E-state index in [9.17, 15) is 13.6 Å². The van der Waals surface area contributed by atoms with Crippen LogP contribution in [0.3, 0.4) is 0 Å². The average Bonchev–Trinajstić information content (AvgIpc) is 2.15. The molecule has 0 spiro atoms. The van der Waals surface area contributed by atoms with Crippen LogP contribution in [0.2, 0.25) is 0 Å². The standard InChI is InChI=1S/C9H9F2NO3/c1-5-2-6(9(13)14)3-12-8(5)15-4-7(10)11/h2-3,7H,4H2,1H3,(H,13,14). The van der Waals surface area contributed by atoms with E-state index in [1.54, 1.807) is 6.92 Å². The second kappa shape index (κ2) is 4.68. The lowest BCUT2D eigenvalue weighted by Gasteiger charge is -2.07. The summed E-state index contributed by atoms with van der Waals surface area (Å²) in [4.78, 5) is 14.2. The van der Waals surface area contributed by atoms with Crippen LogP contribution in [0, 0.1) is 6.92 Å². The van der Waals surface area contributed by atoms with Gasteiger partial charge in [-0.1, -0.05) is 0 Å². The molecule has 1 N–H and O–H groups in total. The van der Waals surface area contributed by atoms with Gasteiger partial charge in [0.2, 0.25) is 5.88 Å². The summed E-state index contributed by atoms with van der Waals surface area (Å²) >= 11 is 0. The number of ether oxygens (including phenoxy) is 1. The normalized spacial score (nSPS) is 10.4. The van der Waals surface area contributed by atoms with Gasteiger partial charge in [0, 0.05) is 11.8 Å². The van der Waals surface area contributed by atoms with E-state index < -0.39 is 19.0 Å². The highest BCUT2D eigenvalue weighted by Crippen LogP contribution is 2.15. The maximum absolute atomic E-state index is 11.8. The summed E-state index contributed by atoms with van der Waals surface area (Å²) in [6, 6.07) is 1.32. The number of pyridine rings is 1. The van der Waals surface area contributed by atoms with Crippen molar-refractivity contribution in [1.29, 1.82) is 0 Å². The van der Waals surface area contributed by atoms with Gasteiger partial charge in [-0.05, 0) is 13.0 Å². The van der Waals surface area contributed by atoms with Gasteiger partial charge in [-0.25, -0.2) is 18.6 Å². The van der Waals surface area contributed by atoms with E-state index >= 15 is 0 Å². The van der Waals surface area contributed by atoms with Crippen LogP contribution in [-0.4, -0.2) is 29.1 Å². The van der Waals surface area contributed by atoms with Crippen molar-refractivity contribution in [1.82, 2.24) is 4.98 Å². The first-order valence-electron chi connectivity index (χ1n) is 4.11. The Morgan fingerprint density at radius 2 is 2.33 bits per heavy atom. The van der Waals surface area contributed by atoms with E-state index in [-0.39, 0.29) is 11.4 Å². The van der Waals surface area contributed by atoms with E-state index in [2.05, 4.69) is 9.72 Å². The van der Waals surface area contributed by atoms with Gasteiger partial charge >= 0.3 is 5.97 Å². The van der Waals surface area contributed by atoms with Crippen LogP contribution in [-0.2, 0) is 0 Å². The van der Waals surface area contributed by atoms with E-state index in [0.29, 0.717) is 5.56 Å². The van der Waals surface area contributed by atoms with Gasteiger partial charge < -0.3 is 9.84 Å². The van der Waals surface area contributed by atoms with Crippen LogP contribution in [0.1, 0.15) is 15.9 Å². The van der Waals surface area contributed by atoms with Gasteiger partial charge in [0.05, 0.1) is 5.56 Å². The molecule has 1 heterocycles. The van der Waals surface area contributed by atoms with Gasteiger partial charge in [-0.2, -0.15) is 0 Å². The molecule has 6 heteroatoms. The van der Waals surface area contributed by atoms with Gasteiger partial charge in [0.1, 0.15) is 0 Å². The highest BCUT2D eigenvalue weighted by atomic mass is 19.3. The summed E-state index contributed by atoms with van der Waals surface area (Å²) in [6.07, 6.45) is -1.51.